The van der Waals surface area contributed by atoms with Crippen LogP contribution in [-0.2, 0) is 14.2 Å². The number of rotatable bonds is 6. The second-order valence-corrected chi connectivity index (χ2v) is 6.50. The van der Waals surface area contributed by atoms with E-state index in [0.29, 0.717) is 6.42 Å². The summed E-state index contributed by atoms with van der Waals surface area (Å²) < 4.78 is 17.4. The van der Waals surface area contributed by atoms with Gasteiger partial charge in [0.05, 0.1) is 30.4 Å². The summed E-state index contributed by atoms with van der Waals surface area (Å²) in [5, 5.41) is 16.8. The molecule has 1 saturated carbocycles. The summed E-state index contributed by atoms with van der Waals surface area (Å²) in [5.41, 5.74) is 12.3. The van der Waals surface area contributed by atoms with E-state index >= 15 is 0 Å². The quantitative estimate of drug-likeness (QED) is 0.383. The Labute approximate surface area is 138 Å². The van der Waals surface area contributed by atoms with E-state index in [1.54, 1.807) is 14.2 Å². The van der Waals surface area contributed by atoms with Gasteiger partial charge in [0.2, 0.25) is 0 Å². The lowest BCUT2D eigenvalue weighted by molar-refractivity contribution is -0.250. The van der Waals surface area contributed by atoms with Crippen LogP contribution >= 0.6 is 0 Å². The zero-order valence-electron chi connectivity index (χ0n) is 14.3. The number of hydrogen-bond donors (Lipinski definition) is 5. The Morgan fingerprint density at radius 1 is 1.22 bits per heavy atom. The van der Waals surface area contributed by atoms with Crippen LogP contribution in [0.3, 0.4) is 0 Å². The average Bonchev–Trinajstić information content (AvgIpc) is 2.53. The number of ether oxygens (including phenoxy) is 3. The third kappa shape index (κ3) is 4.40. The van der Waals surface area contributed by atoms with Crippen LogP contribution < -0.4 is 22.1 Å². The van der Waals surface area contributed by atoms with Crippen LogP contribution in [0.2, 0.25) is 0 Å². The van der Waals surface area contributed by atoms with Crippen LogP contribution in [0, 0.1) is 0 Å². The molecule has 0 aromatic carbocycles. The molecule has 0 aromatic rings. The number of nitrogens with two attached hydrogens (primary N) is 2. The van der Waals surface area contributed by atoms with Gasteiger partial charge in [0.15, 0.2) is 6.29 Å². The highest BCUT2D eigenvalue weighted by Crippen LogP contribution is 2.27. The molecule has 0 unspecified atom stereocenters. The highest BCUT2D eigenvalue weighted by atomic mass is 16.7. The van der Waals surface area contributed by atoms with Crippen molar-refractivity contribution in [2.45, 2.75) is 68.1 Å². The molecule has 136 valence electrons. The fourth-order valence-electron chi connectivity index (χ4n) is 3.55. The Bertz CT molecular complexity index is 362. The molecule has 1 aliphatic heterocycles. The Morgan fingerprint density at radius 3 is 2.57 bits per heavy atom. The molecule has 0 radical (unpaired) electrons. The van der Waals surface area contributed by atoms with Gasteiger partial charge in [-0.15, -0.1) is 0 Å². The van der Waals surface area contributed by atoms with Gasteiger partial charge in [-0.25, -0.2) is 0 Å². The van der Waals surface area contributed by atoms with E-state index in [2.05, 4.69) is 10.6 Å². The van der Waals surface area contributed by atoms with E-state index < -0.39 is 18.5 Å². The maximum atomic E-state index is 10.6. The van der Waals surface area contributed by atoms with Crippen LogP contribution in [0.4, 0.5) is 0 Å². The first kappa shape index (κ1) is 19.0. The minimum absolute atomic E-state index is 0.0635. The van der Waals surface area contributed by atoms with Gasteiger partial charge in [-0.05, 0) is 33.4 Å². The molecular formula is C15H32N4O4. The molecule has 0 bridgehead atoms. The van der Waals surface area contributed by atoms with Gasteiger partial charge in [0.25, 0.3) is 0 Å². The van der Waals surface area contributed by atoms with Crippen LogP contribution in [-0.4, -0.2) is 81.7 Å². The van der Waals surface area contributed by atoms with Crippen molar-refractivity contribution in [3.05, 3.63) is 0 Å². The minimum Gasteiger partial charge on any atom is -0.389 e. The first-order valence-electron chi connectivity index (χ1n) is 8.36. The molecule has 2 fully saturated rings. The van der Waals surface area contributed by atoms with Crippen molar-refractivity contribution in [3.8, 4) is 0 Å². The second kappa shape index (κ2) is 8.68. The SMILES string of the molecule is CNC[C@@H]1CC[C@@H](N)[C@H](O[C@H]2[C@H](O)[C@@H](NC)[C@H](OC)C[C@@H]2N)O1. The van der Waals surface area contributed by atoms with Gasteiger partial charge in [-0.1, -0.05) is 0 Å². The van der Waals surface area contributed by atoms with Gasteiger partial charge in [-0.3, -0.25) is 0 Å². The highest BCUT2D eigenvalue weighted by molar-refractivity contribution is 5.00. The average molecular weight is 332 g/mol. The van der Waals surface area contributed by atoms with Crippen molar-refractivity contribution < 1.29 is 19.3 Å². The zero-order valence-corrected chi connectivity index (χ0v) is 14.3. The molecule has 8 heteroatoms. The normalized spacial score (nSPS) is 45.1. The van der Waals surface area contributed by atoms with E-state index in [4.69, 9.17) is 25.7 Å². The third-order valence-corrected chi connectivity index (χ3v) is 4.89. The highest BCUT2D eigenvalue weighted by Gasteiger charge is 2.45. The predicted molar refractivity (Wildman–Crippen MR) is 86.9 cm³/mol. The number of likely N-dealkylation sites (N-methyl/N-ethyl adjacent to an activating group) is 2. The summed E-state index contributed by atoms with van der Waals surface area (Å²) in [4.78, 5) is 0. The maximum absolute atomic E-state index is 10.6. The predicted octanol–water partition coefficient (Wildman–Crippen LogP) is -1.88. The van der Waals surface area contributed by atoms with Crippen molar-refractivity contribution in [1.82, 2.24) is 10.6 Å². The summed E-state index contributed by atoms with van der Waals surface area (Å²) in [5.74, 6) is 0. The van der Waals surface area contributed by atoms with Crippen LogP contribution in [0.25, 0.3) is 0 Å². The van der Waals surface area contributed by atoms with Gasteiger partial charge in [-0.2, -0.15) is 0 Å². The van der Waals surface area contributed by atoms with E-state index in [1.807, 2.05) is 7.05 Å². The Kier molecular flexibility index (Phi) is 7.18. The number of methoxy groups -OCH3 is 1. The lowest BCUT2D eigenvalue weighted by atomic mass is 9.84. The van der Waals surface area contributed by atoms with E-state index in [-0.39, 0.29) is 30.3 Å². The minimum atomic E-state index is -0.783. The van der Waals surface area contributed by atoms with Crippen molar-refractivity contribution in [2.75, 3.05) is 27.7 Å². The van der Waals surface area contributed by atoms with Crippen molar-refractivity contribution in [3.63, 3.8) is 0 Å². The monoisotopic (exact) mass is 332 g/mol. The topological polar surface area (TPSA) is 124 Å². The van der Waals surface area contributed by atoms with E-state index in [0.717, 1.165) is 19.4 Å². The maximum Gasteiger partial charge on any atom is 0.173 e. The molecule has 0 amide bonds. The molecule has 0 spiro atoms. The first-order valence-corrected chi connectivity index (χ1v) is 8.36. The molecule has 1 aliphatic carbocycles. The smallest absolute Gasteiger partial charge is 0.173 e. The fraction of sp³-hybridized carbons (Fsp3) is 1.00. The number of hydrogen-bond acceptors (Lipinski definition) is 8. The van der Waals surface area contributed by atoms with Gasteiger partial charge < -0.3 is 41.4 Å². The molecule has 8 nitrogen and oxygen atoms in total. The molecule has 2 rings (SSSR count). The molecule has 2 aliphatic rings. The zero-order chi connectivity index (χ0) is 17.0. The third-order valence-electron chi connectivity index (χ3n) is 4.89. The van der Waals surface area contributed by atoms with Gasteiger partial charge in [0.1, 0.15) is 6.10 Å². The molecule has 1 saturated heterocycles. The summed E-state index contributed by atoms with van der Waals surface area (Å²) in [6.07, 6.45) is 0.362. The van der Waals surface area contributed by atoms with Crippen molar-refractivity contribution in [2.24, 2.45) is 11.5 Å². The molecule has 1 heterocycles. The summed E-state index contributed by atoms with van der Waals surface area (Å²) in [6.45, 7) is 0.747. The van der Waals surface area contributed by atoms with E-state index in [1.165, 1.54) is 0 Å². The molecular weight excluding hydrogens is 300 g/mol. The van der Waals surface area contributed by atoms with Crippen LogP contribution in [0.5, 0.6) is 0 Å². The van der Waals surface area contributed by atoms with Crippen molar-refractivity contribution in [1.29, 1.82) is 0 Å². The lowest BCUT2D eigenvalue weighted by Crippen LogP contribution is -2.65. The summed E-state index contributed by atoms with van der Waals surface area (Å²) in [6, 6.07) is -0.784. The Hall–Kier alpha value is -0.320. The van der Waals surface area contributed by atoms with Gasteiger partial charge >= 0.3 is 0 Å². The lowest BCUT2D eigenvalue weighted by Gasteiger charge is -2.45. The van der Waals surface area contributed by atoms with Crippen molar-refractivity contribution >= 4 is 0 Å². The number of aliphatic hydroxyl groups is 1. The standard InChI is InChI=1S/C15H32N4O4/c1-18-7-8-4-5-9(16)15(22-8)23-14-10(17)6-11(21-3)12(19-2)13(14)20/h8-15,18-20H,4-7,16-17H2,1-3H3/t8-,9+,10-,11+,12-,13+,14+,15-/m0/s1. The molecule has 7 N–H and O–H groups in total. The largest absolute Gasteiger partial charge is 0.389 e. The summed E-state index contributed by atoms with van der Waals surface area (Å²) in [7, 11) is 5.30. The second-order valence-electron chi connectivity index (χ2n) is 6.50. The van der Waals surface area contributed by atoms with Gasteiger partial charge in [0, 0.05) is 19.7 Å². The van der Waals surface area contributed by atoms with Crippen LogP contribution in [0.1, 0.15) is 19.3 Å². The van der Waals surface area contributed by atoms with E-state index in [9.17, 15) is 5.11 Å². The number of nitrogens with one attached hydrogen (secondary N) is 2. The molecule has 23 heavy (non-hydrogen) atoms. The first-order chi connectivity index (χ1) is 11.0. The molecule has 0 aromatic heterocycles. The number of aliphatic hydroxyl groups excluding tert-OH is 1. The molecule has 8 atom stereocenters. The Morgan fingerprint density at radius 2 is 1.96 bits per heavy atom. The summed E-state index contributed by atoms with van der Waals surface area (Å²) >= 11 is 0. The fourth-order valence-corrected chi connectivity index (χ4v) is 3.55. The Balaban J connectivity index is 2.02. The van der Waals surface area contributed by atoms with Crippen LogP contribution in [0.15, 0.2) is 0 Å².